The van der Waals surface area contributed by atoms with Gasteiger partial charge in [0, 0.05) is 25.3 Å². The fraction of sp³-hybridized carbons (Fsp3) is 0.429. The van der Waals surface area contributed by atoms with E-state index in [2.05, 4.69) is 90.8 Å². The first-order chi connectivity index (χ1) is 15.7. The van der Waals surface area contributed by atoms with Crippen molar-refractivity contribution in [2.75, 3.05) is 31.6 Å². The molecule has 1 saturated heterocycles. The van der Waals surface area contributed by atoms with Crippen LogP contribution in [0.3, 0.4) is 0 Å². The van der Waals surface area contributed by atoms with Gasteiger partial charge in [0.2, 0.25) is 0 Å². The molecule has 2 bridgehead atoms. The Hall–Kier alpha value is -2.40. The molecule has 4 nitrogen and oxygen atoms in total. The van der Waals surface area contributed by atoms with E-state index in [0.29, 0.717) is 0 Å². The largest absolute Gasteiger partial charge is 0.379 e. The van der Waals surface area contributed by atoms with Gasteiger partial charge in [0.25, 0.3) is 0 Å². The van der Waals surface area contributed by atoms with Crippen LogP contribution in [0.25, 0.3) is 0 Å². The molecular formula is C28H34N2O2. The van der Waals surface area contributed by atoms with Gasteiger partial charge >= 0.3 is 0 Å². The Morgan fingerprint density at radius 1 is 1.00 bits per heavy atom. The molecule has 1 N–H and O–H groups in total. The lowest BCUT2D eigenvalue weighted by Gasteiger charge is -2.37. The minimum absolute atomic E-state index is 0.0163. The van der Waals surface area contributed by atoms with E-state index in [4.69, 9.17) is 9.47 Å². The van der Waals surface area contributed by atoms with Crippen LogP contribution in [0.4, 0.5) is 5.69 Å². The van der Waals surface area contributed by atoms with Crippen molar-refractivity contribution < 1.29 is 9.47 Å². The van der Waals surface area contributed by atoms with Gasteiger partial charge in [-0.25, -0.2) is 0 Å². The number of hydrogen-bond acceptors (Lipinski definition) is 4. The van der Waals surface area contributed by atoms with Crippen molar-refractivity contribution >= 4 is 5.69 Å². The molecule has 1 fully saturated rings. The maximum atomic E-state index is 6.74. The average molecular weight is 431 g/mol. The monoisotopic (exact) mass is 430 g/mol. The molecule has 3 unspecified atom stereocenters. The topological polar surface area (TPSA) is 33.7 Å². The Labute approximate surface area is 191 Å². The van der Waals surface area contributed by atoms with Crippen molar-refractivity contribution in [2.24, 2.45) is 0 Å². The second kappa shape index (κ2) is 9.22. The third-order valence-electron chi connectivity index (χ3n) is 7.11. The summed E-state index contributed by atoms with van der Waals surface area (Å²) in [6.45, 7) is 9.16. The summed E-state index contributed by atoms with van der Waals surface area (Å²) in [5.41, 5.74) is 6.20. The number of morpholine rings is 1. The molecule has 168 valence electrons. The SMILES string of the molecule is CCC1=C(CC)C2(C(Nc3ccccc3)c3ccc(CN4CCOCC4)cc3)C=CC1O2. The van der Waals surface area contributed by atoms with Gasteiger partial charge in [-0.2, -0.15) is 0 Å². The minimum Gasteiger partial charge on any atom is -0.379 e. The van der Waals surface area contributed by atoms with E-state index in [-0.39, 0.29) is 12.1 Å². The van der Waals surface area contributed by atoms with Gasteiger partial charge in [0.15, 0.2) is 0 Å². The van der Waals surface area contributed by atoms with Gasteiger partial charge in [-0.05, 0) is 53.3 Å². The molecule has 3 atom stereocenters. The van der Waals surface area contributed by atoms with Crippen LogP contribution >= 0.6 is 0 Å². The molecule has 0 spiro atoms. The van der Waals surface area contributed by atoms with Crippen molar-refractivity contribution in [3.05, 3.63) is 89.0 Å². The van der Waals surface area contributed by atoms with Gasteiger partial charge in [-0.15, -0.1) is 0 Å². The van der Waals surface area contributed by atoms with Crippen LogP contribution < -0.4 is 5.32 Å². The van der Waals surface area contributed by atoms with Crippen LogP contribution in [0.15, 0.2) is 77.9 Å². The van der Waals surface area contributed by atoms with E-state index in [1.54, 1.807) is 0 Å². The molecular weight excluding hydrogens is 396 g/mol. The average Bonchev–Trinajstić information content (AvgIpc) is 3.41. The summed E-state index contributed by atoms with van der Waals surface area (Å²) in [5, 5.41) is 3.83. The van der Waals surface area contributed by atoms with Crippen LogP contribution in [0, 0.1) is 0 Å². The number of benzene rings is 2. The van der Waals surface area contributed by atoms with Gasteiger partial charge < -0.3 is 14.8 Å². The van der Waals surface area contributed by atoms with Crippen LogP contribution in [0.5, 0.6) is 0 Å². The van der Waals surface area contributed by atoms with E-state index >= 15 is 0 Å². The first-order valence-corrected chi connectivity index (χ1v) is 12.0. The number of hydrogen-bond donors (Lipinski definition) is 1. The highest BCUT2D eigenvalue weighted by atomic mass is 16.5. The predicted octanol–water partition coefficient (Wildman–Crippen LogP) is 5.50. The highest BCUT2D eigenvalue weighted by molar-refractivity contribution is 5.54. The smallest absolute Gasteiger partial charge is 0.133 e. The summed E-state index contributed by atoms with van der Waals surface area (Å²) in [7, 11) is 0. The lowest BCUT2D eigenvalue weighted by Crippen LogP contribution is -2.39. The van der Waals surface area contributed by atoms with Crippen LogP contribution in [0.1, 0.15) is 43.9 Å². The van der Waals surface area contributed by atoms with Crippen molar-refractivity contribution in [3.8, 4) is 0 Å². The molecule has 3 aliphatic rings. The van der Waals surface area contributed by atoms with Gasteiger partial charge in [0.05, 0.1) is 25.4 Å². The predicted molar refractivity (Wildman–Crippen MR) is 130 cm³/mol. The van der Waals surface area contributed by atoms with E-state index in [0.717, 1.165) is 51.4 Å². The first-order valence-electron chi connectivity index (χ1n) is 12.0. The van der Waals surface area contributed by atoms with E-state index in [9.17, 15) is 0 Å². The molecule has 0 saturated carbocycles. The number of nitrogens with zero attached hydrogens (tertiary/aromatic N) is 1. The summed E-state index contributed by atoms with van der Waals surface area (Å²) in [6.07, 6.45) is 6.72. The third kappa shape index (κ3) is 3.92. The zero-order valence-corrected chi connectivity index (χ0v) is 19.2. The molecule has 0 aliphatic carbocycles. The molecule has 32 heavy (non-hydrogen) atoms. The molecule has 0 amide bonds. The lowest BCUT2D eigenvalue weighted by molar-refractivity contribution is 0.0255. The highest BCUT2D eigenvalue weighted by Crippen LogP contribution is 2.52. The third-order valence-corrected chi connectivity index (χ3v) is 7.11. The summed E-state index contributed by atoms with van der Waals surface area (Å²) in [6, 6.07) is 19.6. The molecule has 2 aromatic rings. The maximum Gasteiger partial charge on any atom is 0.133 e. The Morgan fingerprint density at radius 2 is 1.75 bits per heavy atom. The second-order valence-electron chi connectivity index (χ2n) is 8.98. The van der Waals surface area contributed by atoms with Crippen molar-refractivity contribution in [1.82, 2.24) is 4.90 Å². The number of anilines is 1. The van der Waals surface area contributed by atoms with Crippen LogP contribution in [-0.4, -0.2) is 42.9 Å². The fourth-order valence-corrected chi connectivity index (χ4v) is 5.53. The summed E-state index contributed by atoms with van der Waals surface area (Å²) >= 11 is 0. The zero-order valence-electron chi connectivity index (χ0n) is 19.2. The van der Waals surface area contributed by atoms with E-state index < -0.39 is 5.60 Å². The van der Waals surface area contributed by atoms with E-state index in [1.165, 1.54) is 22.3 Å². The molecule has 4 heteroatoms. The summed E-state index contributed by atoms with van der Waals surface area (Å²) in [4.78, 5) is 2.47. The standard InChI is InChI=1S/C28H34N2O2/c1-3-24-25(4-2)28(15-14-26(24)32-28)27(29-23-8-6-5-7-9-23)22-12-10-21(11-13-22)20-30-16-18-31-19-17-30/h5-15,26-27,29H,3-4,16-20H2,1-2H3. The minimum atomic E-state index is -0.424. The lowest BCUT2D eigenvalue weighted by atomic mass is 9.77. The maximum absolute atomic E-state index is 6.74. The number of para-hydroxylation sites is 1. The number of nitrogens with one attached hydrogen (secondary N) is 1. The van der Waals surface area contributed by atoms with Crippen LogP contribution in [-0.2, 0) is 16.0 Å². The van der Waals surface area contributed by atoms with Gasteiger partial charge in [0.1, 0.15) is 5.60 Å². The van der Waals surface area contributed by atoms with Gasteiger partial charge in [-0.1, -0.05) is 62.4 Å². The molecule has 0 aromatic heterocycles. The van der Waals surface area contributed by atoms with Crippen molar-refractivity contribution in [1.29, 1.82) is 0 Å². The second-order valence-corrected chi connectivity index (χ2v) is 8.98. The molecule has 0 radical (unpaired) electrons. The first kappa shape index (κ1) is 21.4. The van der Waals surface area contributed by atoms with E-state index in [1.807, 2.05) is 0 Å². The number of rotatable bonds is 8. The molecule has 3 heterocycles. The van der Waals surface area contributed by atoms with Crippen LogP contribution in [0.2, 0.25) is 0 Å². The van der Waals surface area contributed by atoms with Gasteiger partial charge in [-0.3, -0.25) is 4.90 Å². The molecule has 5 rings (SSSR count). The fourth-order valence-electron chi connectivity index (χ4n) is 5.53. The Balaban J connectivity index is 1.47. The molecule has 2 aromatic carbocycles. The highest BCUT2D eigenvalue weighted by Gasteiger charge is 2.52. The molecule has 3 aliphatic heterocycles. The number of fused-ring (bicyclic) bond motifs is 2. The Kier molecular flexibility index (Phi) is 6.18. The summed E-state index contributed by atoms with van der Waals surface area (Å²) < 4.78 is 12.2. The summed E-state index contributed by atoms with van der Waals surface area (Å²) in [5.74, 6) is 0. The van der Waals surface area contributed by atoms with Crippen molar-refractivity contribution in [2.45, 2.75) is 51.0 Å². The Morgan fingerprint density at radius 3 is 2.44 bits per heavy atom. The normalized spacial score (nSPS) is 26.0. The van der Waals surface area contributed by atoms with Crippen molar-refractivity contribution in [3.63, 3.8) is 0 Å². The zero-order chi connectivity index (χ0) is 22.0. The Bertz CT molecular complexity index is 976. The quantitative estimate of drug-likeness (QED) is 0.561. The number of ether oxygens (including phenoxy) is 2.